The first kappa shape index (κ1) is 25.4. The van der Waals surface area contributed by atoms with Crippen LogP contribution in [-0.4, -0.2) is 46.9 Å². The largest absolute Gasteiger partial charge is 0.365 e. The lowest BCUT2D eigenvalue weighted by molar-refractivity contribution is 0.100. The van der Waals surface area contributed by atoms with Gasteiger partial charge in [-0.05, 0) is 31.0 Å². The molecule has 9 nitrogen and oxygen atoms in total. The van der Waals surface area contributed by atoms with Gasteiger partial charge in [-0.15, -0.1) is 12.4 Å². The van der Waals surface area contributed by atoms with Gasteiger partial charge in [0, 0.05) is 44.3 Å². The molecule has 184 valence electrons. The summed E-state index contributed by atoms with van der Waals surface area (Å²) in [5.74, 6) is -1.53. The highest BCUT2D eigenvalue weighted by Gasteiger charge is 2.25. The fraction of sp³-hybridized carbons (Fsp3) is 0.409. The number of amides is 1. The molecule has 1 fully saturated rings. The number of nitrogens with zero attached hydrogens (tertiary/aromatic N) is 4. The highest BCUT2D eigenvalue weighted by molar-refractivity contribution is 5.99. The number of aromatic nitrogens is 3. The van der Waals surface area contributed by atoms with Crippen LogP contribution in [0.5, 0.6) is 0 Å². The van der Waals surface area contributed by atoms with E-state index in [0.29, 0.717) is 22.4 Å². The van der Waals surface area contributed by atoms with Crippen LogP contribution in [0.3, 0.4) is 0 Å². The molecular weight excluding hydrogens is 466 g/mol. The lowest BCUT2D eigenvalue weighted by Gasteiger charge is -2.30. The molecule has 1 saturated carbocycles. The number of hydrogen-bond acceptors (Lipinski definition) is 7. The van der Waals surface area contributed by atoms with Crippen molar-refractivity contribution < 1.29 is 13.6 Å². The van der Waals surface area contributed by atoms with Crippen molar-refractivity contribution in [3.05, 3.63) is 35.4 Å². The fourth-order valence-corrected chi connectivity index (χ4v) is 4.27. The summed E-state index contributed by atoms with van der Waals surface area (Å²) < 4.78 is 31.1. The van der Waals surface area contributed by atoms with Crippen LogP contribution in [0.15, 0.2) is 18.2 Å². The van der Waals surface area contributed by atoms with Crippen molar-refractivity contribution in [1.29, 1.82) is 0 Å². The van der Waals surface area contributed by atoms with Gasteiger partial charge in [0.05, 0.1) is 5.56 Å². The van der Waals surface area contributed by atoms with Gasteiger partial charge < -0.3 is 27.0 Å². The summed E-state index contributed by atoms with van der Waals surface area (Å²) in [6.45, 7) is 0. The second kappa shape index (κ2) is 9.98. The first-order chi connectivity index (χ1) is 15.7. The molecule has 6 N–H and O–H groups in total. The van der Waals surface area contributed by atoms with E-state index in [2.05, 4.69) is 20.7 Å². The van der Waals surface area contributed by atoms with Crippen LogP contribution in [0.4, 0.5) is 31.9 Å². The predicted molar refractivity (Wildman–Crippen MR) is 132 cm³/mol. The van der Waals surface area contributed by atoms with Gasteiger partial charge in [-0.25, -0.2) is 13.8 Å². The van der Waals surface area contributed by atoms with Gasteiger partial charge in [-0.1, -0.05) is 12.8 Å². The summed E-state index contributed by atoms with van der Waals surface area (Å²) in [7, 11) is 5.27. The summed E-state index contributed by atoms with van der Waals surface area (Å²) >= 11 is 0. The van der Waals surface area contributed by atoms with Gasteiger partial charge in [-0.2, -0.15) is 5.10 Å². The molecule has 0 unspecified atom stereocenters. The van der Waals surface area contributed by atoms with Crippen molar-refractivity contribution in [2.24, 2.45) is 18.5 Å². The summed E-state index contributed by atoms with van der Waals surface area (Å²) in [6, 6.07) is 3.72. The number of pyridine rings is 1. The topological polar surface area (TPSA) is 127 Å². The van der Waals surface area contributed by atoms with Crippen molar-refractivity contribution in [1.82, 2.24) is 14.8 Å². The summed E-state index contributed by atoms with van der Waals surface area (Å²) in [6.07, 6.45) is 3.64. The average molecular weight is 495 g/mol. The number of fused-ring (bicyclic) bond motifs is 1. The van der Waals surface area contributed by atoms with Crippen LogP contribution in [0.25, 0.3) is 10.9 Å². The number of aryl methyl sites for hydroxylation is 1. The van der Waals surface area contributed by atoms with Gasteiger partial charge in [0.2, 0.25) is 0 Å². The van der Waals surface area contributed by atoms with E-state index in [1.165, 1.54) is 10.7 Å². The zero-order valence-corrected chi connectivity index (χ0v) is 20.0. The molecule has 34 heavy (non-hydrogen) atoms. The first-order valence-electron chi connectivity index (χ1n) is 10.8. The molecule has 3 aromatic rings. The van der Waals surface area contributed by atoms with Gasteiger partial charge in [0.15, 0.2) is 23.3 Å². The molecular formula is C22H29ClF2N8O. The highest BCUT2D eigenvalue weighted by Crippen LogP contribution is 2.32. The van der Waals surface area contributed by atoms with Gasteiger partial charge >= 0.3 is 0 Å². The molecule has 1 aliphatic carbocycles. The molecule has 0 radical (unpaired) electrons. The number of nitrogens with one attached hydrogen (secondary N) is 2. The number of benzene rings is 1. The van der Waals surface area contributed by atoms with E-state index in [0.717, 1.165) is 31.7 Å². The molecule has 0 aliphatic heterocycles. The minimum Gasteiger partial charge on any atom is -0.365 e. The van der Waals surface area contributed by atoms with Crippen molar-refractivity contribution in [3.8, 4) is 0 Å². The SMILES string of the molecule is CN(C)c1nn(C)c2c(F)cc(Nc3nc(N[C@@H]4CCCC[C@@H]4N)c(F)cc3C(N)=O)cc12.Cl. The Bertz CT molecular complexity index is 1220. The maximum atomic E-state index is 14.9. The predicted octanol–water partition coefficient (Wildman–Crippen LogP) is 3.26. The lowest BCUT2D eigenvalue weighted by Crippen LogP contribution is -2.43. The summed E-state index contributed by atoms with van der Waals surface area (Å²) in [5.41, 5.74) is 12.1. The molecule has 0 bridgehead atoms. The zero-order valence-electron chi connectivity index (χ0n) is 19.2. The molecule has 2 atom stereocenters. The van der Waals surface area contributed by atoms with E-state index < -0.39 is 17.5 Å². The third kappa shape index (κ3) is 4.85. The molecule has 2 heterocycles. The molecule has 4 rings (SSSR count). The van der Waals surface area contributed by atoms with Gasteiger partial charge in [0.1, 0.15) is 11.3 Å². The summed E-state index contributed by atoms with van der Waals surface area (Å²) in [4.78, 5) is 18.0. The Morgan fingerprint density at radius 1 is 1.15 bits per heavy atom. The smallest absolute Gasteiger partial charge is 0.252 e. The molecule has 1 amide bonds. The second-order valence-electron chi connectivity index (χ2n) is 8.60. The van der Waals surface area contributed by atoms with Crippen LogP contribution >= 0.6 is 12.4 Å². The van der Waals surface area contributed by atoms with E-state index in [9.17, 15) is 13.6 Å². The number of primary amides is 1. The Kier molecular flexibility index (Phi) is 7.47. The monoisotopic (exact) mass is 494 g/mol. The van der Waals surface area contributed by atoms with Crippen LogP contribution in [0, 0.1) is 11.6 Å². The first-order valence-corrected chi connectivity index (χ1v) is 10.8. The molecule has 0 spiro atoms. The Morgan fingerprint density at radius 2 is 1.85 bits per heavy atom. The number of rotatable bonds is 6. The molecule has 12 heteroatoms. The van der Waals surface area contributed by atoms with Crippen molar-refractivity contribution in [2.45, 2.75) is 37.8 Å². The van der Waals surface area contributed by atoms with E-state index in [4.69, 9.17) is 11.5 Å². The quantitative estimate of drug-likeness (QED) is 0.414. The van der Waals surface area contributed by atoms with E-state index in [1.54, 1.807) is 32.1 Å². The maximum Gasteiger partial charge on any atom is 0.252 e. The van der Waals surface area contributed by atoms with Crippen LogP contribution in [0.2, 0.25) is 0 Å². The fourth-order valence-electron chi connectivity index (χ4n) is 4.27. The second-order valence-corrected chi connectivity index (χ2v) is 8.60. The Labute approximate surface area is 202 Å². The molecule has 0 saturated heterocycles. The molecule has 1 aromatic carbocycles. The van der Waals surface area contributed by atoms with E-state index in [-0.39, 0.29) is 41.7 Å². The minimum atomic E-state index is -0.860. The summed E-state index contributed by atoms with van der Waals surface area (Å²) in [5, 5.41) is 10.9. The Hall–Kier alpha value is -3.18. The van der Waals surface area contributed by atoms with Crippen LogP contribution in [-0.2, 0) is 7.05 Å². The number of carbonyl (C=O) groups is 1. The zero-order chi connectivity index (χ0) is 23.9. The Morgan fingerprint density at radius 3 is 2.50 bits per heavy atom. The number of hydrogen-bond donors (Lipinski definition) is 4. The van der Waals surface area contributed by atoms with E-state index in [1.807, 2.05) is 0 Å². The molecule has 1 aliphatic rings. The minimum absolute atomic E-state index is 0. The van der Waals surface area contributed by atoms with Gasteiger partial charge in [-0.3, -0.25) is 9.48 Å². The average Bonchev–Trinajstić information content (AvgIpc) is 3.08. The van der Waals surface area contributed by atoms with Crippen LogP contribution < -0.4 is 27.0 Å². The van der Waals surface area contributed by atoms with Crippen LogP contribution in [0.1, 0.15) is 36.0 Å². The van der Waals surface area contributed by atoms with Crippen molar-refractivity contribution >= 4 is 52.4 Å². The maximum absolute atomic E-state index is 14.9. The van der Waals surface area contributed by atoms with E-state index >= 15 is 0 Å². The third-order valence-corrected chi connectivity index (χ3v) is 5.94. The number of nitrogens with two attached hydrogens (primary N) is 2. The number of halogens is 3. The van der Waals surface area contributed by atoms with Crippen molar-refractivity contribution in [3.63, 3.8) is 0 Å². The molecule has 2 aromatic heterocycles. The third-order valence-electron chi connectivity index (χ3n) is 5.94. The Balaban J connectivity index is 0.00000324. The number of anilines is 4. The normalized spacial score (nSPS) is 17.8. The van der Waals surface area contributed by atoms with Crippen molar-refractivity contribution in [2.75, 3.05) is 29.6 Å². The van der Waals surface area contributed by atoms with Gasteiger partial charge in [0.25, 0.3) is 5.91 Å². The number of carbonyl (C=O) groups excluding carboxylic acids is 1. The lowest BCUT2D eigenvalue weighted by atomic mass is 9.91. The standard InChI is InChI=1S/C22H28F2N8O.ClH/c1-31(2)22-12-8-11(9-14(23)18(12)32(3)30-22)27-20-13(19(26)33)10-15(24)21(29-20)28-17-7-5-4-6-16(17)25;/h8-10,16-17H,4-7,25H2,1-3H3,(H2,26,33)(H2,27,28,29);1H/t16-,17+;/m0./s1. The highest BCUT2D eigenvalue weighted by atomic mass is 35.5.